The summed E-state index contributed by atoms with van der Waals surface area (Å²) in [6, 6.07) is 14.1. The lowest BCUT2D eigenvalue weighted by Gasteiger charge is -2.18. The summed E-state index contributed by atoms with van der Waals surface area (Å²) in [5.41, 5.74) is 2.21. The van der Waals surface area contributed by atoms with Crippen LogP contribution in [0.5, 0.6) is 5.75 Å². The summed E-state index contributed by atoms with van der Waals surface area (Å²) in [5.74, 6) is 0.868. The Bertz CT molecular complexity index is 603. The van der Waals surface area contributed by atoms with E-state index in [-0.39, 0.29) is 6.04 Å². The van der Waals surface area contributed by atoms with Crippen LogP contribution in [0.15, 0.2) is 46.9 Å². The number of ether oxygens (including phenoxy) is 1. The number of benzene rings is 2. The van der Waals surface area contributed by atoms with E-state index in [9.17, 15) is 0 Å². The van der Waals surface area contributed by atoms with Gasteiger partial charge in [-0.1, -0.05) is 46.6 Å². The molecule has 0 heterocycles. The third-order valence-corrected chi connectivity index (χ3v) is 3.96. The lowest BCUT2D eigenvalue weighted by Crippen LogP contribution is -2.18. The van der Waals surface area contributed by atoms with Gasteiger partial charge in [0.2, 0.25) is 0 Å². The highest BCUT2D eigenvalue weighted by molar-refractivity contribution is 9.10. The molecule has 0 saturated carbocycles. The Morgan fingerprint density at radius 2 is 2.05 bits per heavy atom. The average molecular weight is 369 g/mol. The van der Waals surface area contributed by atoms with Gasteiger partial charge in [-0.3, -0.25) is 0 Å². The first-order chi connectivity index (χ1) is 10.1. The van der Waals surface area contributed by atoms with E-state index in [2.05, 4.69) is 41.2 Å². The van der Waals surface area contributed by atoms with Gasteiger partial charge in [-0.15, -0.1) is 0 Å². The molecule has 1 unspecified atom stereocenters. The van der Waals surface area contributed by atoms with Gasteiger partial charge < -0.3 is 10.1 Å². The molecule has 0 aromatic heterocycles. The smallest absolute Gasteiger partial charge is 0.124 e. The van der Waals surface area contributed by atoms with E-state index in [4.69, 9.17) is 16.3 Å². The molecule has 21 heavy (non-hydrogen) atoms. The Morgan fingerprint density at radius 1 is 1.24 bits per heavy atom. The van der Waals surface area contributed by atoms with E-state index in [1.54, 1.807) is 0 Å². The maximum Gasteiger partial charge on any atom is 0.124 e. The maximum absolute atomic E-state index is 6.11. The van der Waals surface area contributed by atoms with Crippen LogP contribution in [0.25, 0.3) is 0 Å². The number of hydrogen-bond donors (Lipinski definition) is 1. The molecule has 2 nitrogen and oxygen atoms in total. The van der Waals surface area contributed by atoms with E-state index in [1.165, 1.54) is 0 Å². The molecular formula is C17H19BrClNO. The van der Waals surface area contributed by atoms with Gasteiger partial charge in [0, 0.05) is 21.1 Å². The van der Waals surface area contributed by atoms with E-state index in [0.717, 1.165) is 32.9 Å². The second kappa shape index (κ2) is 7.83. The Morgan fingerprint density at radius 3 is 2.76 bits per heavy atom. The third-order valence-electron chi connectivity index (χ3n) is 3.23. The van der Waals surface area contributed by atoms with Gasteiger partial charge >= 0.3 is 0 Å². The molecule has 0 amide bonds. The van der Waals surface area contributed by atoms with Gasteiger partial charge in [0.05, 0.1) is 0 Å². The minimum atomic E-state index is 0.200. The van der Waals surface area contributed by atoms with Crippen LogP contribution in [0.2, 0.25) is 5.02 Å². The van der Waals surface area contributed by atoms with E-state index in [0.29, 0.717) is 6.61 Å². The standard InChI is InChI=1S/C17H19BrClNO/c1-3-20-12(2)16-10-15(19)7-8-17(16)21-11-13-5-4-6-14(18)9-13/h4-10,12,20H,3,11H2,1-2H3. The fraction of sp³-hybridized carbons (Fsp3) is 0.294. The molecule has 4 heteroatoms. The van der Waals surface area contributed by atoms with Crippen molar-refractivity contribution in [1.29, 1.82) is 0 Å². The molecule has 2 rings (SSSR count). The minimum Gasteiger partial charge on any atom is -0.489 e. The van der Waals surface area contributed by atoms with Crippen LogP contribution in [0.1, 0.15) is 31.0 Å². The average Bonchev–Trinajstić information content (AvgIpc) is 2.46. The van der Waals surface area contributed by atoms with Crippen LogP contribution in [0, 0.1) is 0 Å². The summed E-state index contributed by atoms with van der Waals surface area (Å²) in [7, 11) is 0. The lowest BCUT2D eigenvalue weighted by molar-refractivity contribution is 0.300. The highest BCUT2D eigenvalue weighted by atomic mass is 79.9. The van der Waals surface area contributed by atoms with Gasteiger partial charge in [-0.05, 0) is 49.4 Å². The third kappa shape index (κ3) is 4.73. The molecule has 0 fully saturated rings. The predicted molar refractivity (Wildman–Crippen MR) is 92.0 cm³/mol. The van der Waals surface area contributed by atoms with Crippen molar-refractivity contribution in [1.82, 2.24) is 5.32 Å². The van der Waals surface area contributed by atoms with Crippen molar-refractivity contribution in [3.63, 3.8) is 0 Å². The number of hydrogen-bond acceptors (Lipinski definition) is 2. The summed E-state index contributed by atoms with van der Waals surface area (Å²) in [5, 5.41) is 4.12. The Kier molecular flexibility index (Phi) is 6.09. The fourth-order valence-electron chi connectivity index (χ4n) is 2.19. The molecule has 0 aliphatic heterocycles. The Balaban J connectivity index is 2.15. The fourth-order valence-corrected chi connectivity index (χ4v) is 2.82. The molecule has 0 spiro atoms. The Hall–Kier alpha value is -1.03. The number of nitrogens with one attached hydrogen (secondary N) is 1. The first kappa shape index (κ1) is 16.3. The molecule has 0 aliphatic carbocycles. The summed E-state index contributed by atoms with van der Waals surface area (Å²) in [4.78, 5) is 0. The highest BCUT2D eigenvalue weighted by Gasteiger charge is 2.12. The summed E-state index contributed by atoms with van der Waals surface area (Å²) < 4.78 is 7.04. The number of halogens is 2. The van der Waals surface area contributed by atoms with Crippen molar-refractivity contribution in [3.8, 4) is 5.75 Å². The second-order valence-electron chi connectivity index (χ2n) is 4.88. The van der Waals surface area contributed by atoms with Crippen LogP contribution in [0.3, 0.4) is 0 Å². The largest absolute Gasteiger partial charge is 0.489 e. The van der Waals surface area contributed by atoms with Crippen LogP contribution in [-0.2, 0) is 6.61 Å². The number of rotatable bonds is 6. The first-order valence-corrected chi connectivity index (χ1v) is 8.17. The highest BCUT2D eigenvalue weighted by Crippen LogP contribution is 2.29. The van der Waals surface area contributed by atoms with Gasteiger partial charge in [0.25, 0.3) is 0 Å². The molecule has 1 N–H and O–H groups in total. The quantitative estimate of drug-likeness (QED) is 0.742. The summed E-state index contributed by atoms with van der Waals surface area (Å²) in [6.07, 6.45) is 0. The molecule has 0 radical (unpaired) electrons. The molecule has 2 aromatic rings. The van der Waals surface area contributed by atoms with Gasteiger partial charge in [0.15, 0.2) is 0 Å². The van der Waals surface area contributed by atoms with Crippen molar-refractivity contribution in [2.75, 3.05) is 6.54 Å². The first-order valence-electron chi connectivity index (χ1n) is 7.00. The van der Waals surface area contributed by atoms with E-state index >= 15 is 0 Å². The topological polar surface area (TPSA) is 21.3 Å². The van der Waals surface area contributed by atoms with Crippen molar-refractivity contribution in [2.45, 2.75) is 26.5 Å². The zero-order chi connectivity index (χ0) is 15.2. The zero-order valence-electron chi connectivity index (χ0n) is 12.2. The predicted octanol–water partition coefficient (Wildman–Crippen LogP) is 5.35. The van der Waals surface area contributed by atoms with Crippen molar-refractivity contribution in [2.24, 2.45) is 0 Å². The van der Waals surface area contributed by atoms with Gasteiger partial charge in [-0.2, -0.15) is 0 Å². The minimum absolute atomic E-state index is 0.200. The van der Waals surface area contributed by atoms with E-state index < -0.39 is 0 Å². The molecule has 1 atom stereocenters. The second-order valence-corrected chi connectivity index (χ2v) is 6.23. The molecule has 0 saturated heterocycles. The summed E-state index contributed by atoms with van der Waals surface area (Å²) in [6.45, 7) is 5.63. The molecule has 2 aromatic carbocycles. The van der Waals surface area contributed by atoms with Crippen LogP contribution in [-0.4, -0.2) is 6.54 Å². The monoisotopic (exact) mass is 367 g/mol. The van der Waals surface area contributed by atoms with Crippen molar-refractivity contribution >= 4 is 27.5 Å². The van der Waals surface area contributed by atoms with Gasteiger partial charge in [0.1, 0.15) is 12.4 Å². The van der Waals surface area contributed by atoms with E-state index in [1.807, 2.05) is 36.4 Å². The van der Waals surface area contributed by atoms with Crippen LogP contribution in [0.4, 0.5) is 0 Å². The van der Waals surface area contributed by atoms with Crippen LogP contribution >= 0.6 is 27.5 Å². The summed E-state index contributed by atoms with van der Waals surface area (Å²) >= 11 is 9.58. The molecule has 0 aliphatic rings. The normalized spacial score (nSPS) is 12.2. The molecule has 0 bridgehead atoms. The Labute approximate surface area is 139 Å². The van der Waals surface area contributed by atoms with Crippen molar-refractivity contribution in [3.05, 3.63) is 63.1 Å². The zero-order valence-corrected chi connectivity index (χ0v) is 14.5. The van der Waals surface area contributed by atoms with Crippen molar-refractivity contribution < 1.29 is 4.74 Å². The SMILES string of the molecule is CCNC(C)c1cc(Cl)ccc1OCc1cccc(Br)c1. The lowest BCUT2D eigenvalue weighted by atomic mass is 10.1. The van der Waals surface area contributed by atoms with Gasteiger partial charge in [-0.25, -0.2) is 0 Å². The maximum atomic E-state index is 6.11. The van der Waals surface area contributed by atoms with Crippen LogP contribution < -0.4 is 10.1 Å². The molecular weight excluding hydrogens is 350 g/mol. The molecule has 112 valence electrons.